The van der Waals surface area contributed by atoms with Crippen molar-refractivity contribution in [2.75, 3.05) is 18.8 Å². The van der Waals surface area contributed by atoms with Crippen LogP contribution in [0.15, 0.2) is 67.5 Å². The second-order valence-electron chi connectivity index (χ2n) is 8.93. The minimum Gasteiger partial charge on any atom is -0.383 e. The molecule has 2 aromatic heterocycles. The molecule has 2 aromatic carbocycles. The molecule has 3 N–H and O–H groups in total. The number of benzene rings is 2. The zero-order valence-corrected chi connectivity index (χ0v) is 20.1. The van der Waals surface area contributed by atoms with Gasteiger partial charge in [0.05, 0.1) is 11.4 Å². The highest BCUT2D eigenvalue weighted by molar-refractivity contribution is 6.00. The quantitative estimate of drug-likeness (QED) is 0.392. The summed E-state index contributed by atoms with van der Waals surface area (Å²) in [5, 5.41) is 8.32. The van der Waals surface area contributed by atoms with Crippen molar-refractivity contribution in [3.05, 3.63) is 84.5 Å². The number of hydrogen-bond acceptors (Lipinski definition) is 6. The van der Waals surface area contributed by atoms with Crippen LogP contribution >= 0.6 is 0 Å². The number of nitrogens with one attached hydrogen (secondary N) is 1. The number of hydrogen-bond donors (Lipinski definition) is 2. The highest BCUT2D eigenvalue weighted by Crippen LogP contribution is 2.34. The van der Waals surface area contributed by atoms with Crippen molar-refractivity contribution in [2.45, 2.75) is 25.4 Å². The number of aromatic nitrogens is 4. The lowest BCUT2D eigenvalue weighted by Gasteiger charge is -2.32. The van der Waals surface area contributed by atoms with Gasteiger partial charge in [-0.25, -0.2) is 19.0 Å². The number of nitrogen functional groups attached to an aromatic ring is 1. The van der Waals surface area contributed by atoms with E-state index in [0.717, 1.165) is 18.4 Å². The molecule has 1 fully saturated rings. The number of anilines is 1. The van der Waals surface area contributed by atoms with Gasteiger partial charge in [0.15, 0.2) is 5.65 Å². The van der Waals surface area contributed by atoms with E-state index in [9.17, 15) is 14.0 Å². The van der Waals surface area contributed by atoms with E-state index >= 15 is 0 Å². The summed E-state index contributed by atoms with van der Waals surface area (Å²) in [6.07, 6.45) is 4.37. The number of carbonyl (C=O) groups is 2. The highest BCUT2D eigenvalue weighted by Gasteiger charge is 2.28. The first-order chi connectivity index (χ1) is 17.9. The number of rotatable bonds is 6. The molecule has 9 nitrogen and oxygen atoms in total. The molecule has 1 atom stereocenters. The summed E-state index contributed by atoms with van der Waals surface area (Å²) in [6, 6.07) is 13.0. The Morgan fingerprint density at radius 3 is 2.78 bits per heavy atom. The fraction of sp³-hybridized carbons (Fsp3) is 0.222. The summed E-state index contributed by atoms with van der Waals surface area (Å²) in [5.41, 5.74) is 9.33. The van der Waals surface area contributed by atoms with Crippen LogP contribution < -0.4 is 11.1 Å². The molecule has 1 aliphatic heterocycles. The Morgan fingerprint density at radius 1 is 1.19 bits per heavy atom. The van der Waals surface area contributed by atoms with Crippen molar-refractivity contribution in [3.63, 3.8) is 0 Å². The van der Waals surface area contributed by atoms with Gasteiger partial charge in [-0.05, 0) is 48.7 Å². The fourth-order valence-electron chi connectivity index (χ4n) is 4.63. The Hall–Kier alpha value is -4.60. The molecule has 0 radical (unpaired) electrons. The van der Waals surface area contributed by atoms with Crippen molar-refractivity contribution in [2.24, 2.45) is 0 Å². The first-order valence-electron chi connectivity index (χ1n) is 12.0. The van der Waals surface area contributed by atoms with Crippen LogP contribution in [-0.4, -0.2) is 49.6 Å². The van der Waals surface area contributed by atoms with Gasteiger partial charge in [-0.2, -0.15) is 5.10 Å². The molecule has 10 heteroatoms. The summed E-state index contributed by atoms with van der Waals surface area (Å²) in [7, 11) is 0. The van der Waals surface area contributed by atoms with Crippen LogP contribution in [0.1, 0.15) is 34.8 Å². The summed E-state index contributed by atoms with van der Waals surface area (Å²) < 4.78 is 15.0. The zero-order chi connectivity index (χ0) is 25.9. The number of fused-ring (bicyclic) bond motifs is 1. The summed E-state index contributed by atoms with van der Waals surface area (Å²) in [6.45, 7) is 5.01. The van der Waals surface area contributed by atoms with Crippen LogP contribution in [0.4, 0.5) is 10.2 Å². The smallest absolute Gasteiger partial charge is 0.251 e. The molecule has 5 rings (SSSR count). The Bertz CT molecular complexity index is 1480. The van der Waals surface area contributed by atoms with Gasteiger partial charge in [0, 0.05) is 30.8 Å². The van der Waals surface area contributed by atoms with Crippen LogP contribution in [0.5, 0.6) is 0 Å². The van der Waals surface area contributed by atoms with Crippen LogP contribution in [-0.2, 0) is 11.3 Å². The number of nitrogens with zero attached hydrogens (tertiary/aromatic N) is 5. The van der Waals surface area contributed by atoms with E-state index in [0.29, 0.717) is 40.9 Å². The molecule has 1 saturated heterocycles. The first kappa shape index (κ1) is 24.1. The van der Waals surface area contributed by atoms with Crippen molar-refractivity contribution in [3.8, 4) is 11.3 Å². The third kappa shape index (κ3) is 4.90. The maximum Gasteiger partial charge on any atom is 0.251 e. The van der Waals surface area contributed by atoms with Crippen LogP contribution in [0.3, 0.4) is 0 Å². The number of carbonyl (C=O) groups excluding carboxylic acids is 2. The standard InChI is InChI=1S/C27H26FN7O2/c1-2-22(36)34-12-4-7-21(15-34)35-26-23(25(29)31-16-32-26)24(33-35)18-5-3-6-19(13-18)27(37)30-14-17-8-10-20(28)11-9-17/h2-3,5-6,8-11,13,16,21H,1,4,7,12,14-15H2,(H,30,37)(H2,29,31,32)/t21-/m1/s1. The van der Waals surface area contributed by atoms with Crippen LogP contribution in [0.25, 0.3) is 22.3 Å². The van der Waals surface area contributed by atoms with Crippen LogP contribution in [0.2, 0.25) is 0 Å². The summed E-state index contributed by atoms with van der Waals surface area (Å²) in [4.78, 5) is 35.5. The SMILES string of the molecule is C=CC(=O)N1CCC[C@@H](n2nc(-c3cccc(C(=O)NCc4ccc(F)cc4)c3)c3c(N)ncnc32)C1. The van der Waals surface area contributed by atoms with Gasteiger partial charge < -0.3 is 16.0 Å². The second-order valence-corrected chi connectivity index (χ2v) is 8.93. The van der Waals surface area contributed by atoms with Crippen molar-refractivity contribution in [1.82, 2.24) is 30.0 Å². The maximum absolute atomic E-state index is 13.2. The van der Waals surface area contributed by atoms with Gasteiger partial charge in [-0.1, -0.05) is 30.8 Å². The third-order valence-corrected chi connectivity index (χ3v) is 6.51. The average molecular weight is 500 g/mol. The molecule has 0 bridgehead atoms. The molecule has 0 unspecified atom stereocenters. The van der Waals surface area contributed by atoms with E-state index in [1.807, 2.05) is 10.7 Å². The molecule has 37 heavy (non-hydrogen) atoms. The zero-order valence-electron chi connectivity index (χ0n) is 20.1. The first-order valence-corrected chi connectivity index (χ1v) is 12.0. The normalized spacial score (nSPS) is 15.5. The molecular weight excluding hydrogens is 473 g/mol. The van der Waals surface area contributed by atoms with E-state index in [1.54, 1.807) is 35.2 Å². The van der Waals surface area contributed by atoms with Crippen molar-refractivity contribution in [1.29, 1.82) is 0 Å². The molecule has 4 aromatic rings. The largest absolute Gasteiger partial charge is 0.383 e. The van der Waals surface area contributed by atoms with Crippen molar-refractivity contribution < 1.29 is 14.0 Å². The molecule has 188 valence electrons. The molecule has 2 amide bonds. The van der Waals surface area contributed by atoms with E-state index in [1.165, 1.54) is 24.5 Å². The lowest BCUT2D eigenvalue weighted by Crippen LogP contribution is -2.40. The predicted octanol–water partition coefficient (Wildman–Crippen LogP) is 3.49. The predicted molar refractivity (Wildman–Crippen MR) is 138 cm³/mol. The number of likely N-dealkylation sites (tertiary alicyclic amines) is 1. The summed E-state index contributed by atoms with van der Waals surface area (Å²) >= 11 is 0. The number of nitrogens with two attached hydrogens (primary N) is 1. The Morgan fingerprint density at radius 2 is 2.00 bits per heavy atom. The van der Waals surface area contributed by atoms with Gasteiger partial charge in [-0.15, -0.1) is 0 Å². The molecule has 0 spiro atoms. The highest BCUT2D eigenvalue weighted by atomic mass is 19.1. The van der Waals surface area contributed by atoms with E-state index in [-0.39, 0.29) is 36.0 Å². The molecular formula is C27H26FN7O2. The number of halogens is 1. The topological polar surface area (TPSA) is 119 Å². The Labute approximate surface area is 212 Å². The molecule has 0 aliphatic carbocycles. The monoisotopic (exact) mass is 499 g/mol. The number of amides is 2. The van der Waals surface area contributed by atoms with Gasteiger partial charge in [0.2, 0.25) is 5.91 Å². The van der Waals surface area contributed by atoms with Crippen molar-refractivity contribution >= 4 is 28.7 Å². The lowest BCUT2D eigenvalue weighted by molar-refractivity contribution is -0.127. The van der Waals surface area contributed by atoms with E-state index in [2.05, 4.69) is 21.9 Å². The maximum atomic E-state index is 13.2. The molecule has 1 aliphatic rings. The minimum atomic E-state index is -0.328. The van der Waals surface area contributed by atoms with Gasteiger partial charge >= 0.3 is 0 Å². The van der Waals surface area contributed by atoms with Gasteiger partial charge in [0.25, 0.3) is 5.91 Å². The summed E-state index contributed by atoms with van der Waals surface area (Å²) in [5.74, 6) is -0.432. The van der Waals surface area contributed by atoms with E-state index < -0.39 is 0 Å². The third-order valence-electron chi connectivity index (χ3n) is 6.51. The van der Waals surface area contributed by atoms with Gasteiger partial charge in [0.1, 0.15) is 23.7 Å². The van der Waals surface area contributed by atoms with E-state index in [4.69, 9.17) is 10.8 Å². The minimum absolute atomic E-state index is 0.0922. The average Bonchev–Trinajstić information content (AvgIpc) is 3.33. The Kier molecular flexibility index (Phi) is 6.63. The fourth-order valence-corrected chi connectivity index (χ4v) is 4.63. The number of piperidine rings is 1. The van der Waals surface area contributed by atoms with Gasteiger partial charge in [-0.3, -0.25) is 9.59 Å². The van der Waals surface area contributed by atoms with Crippen LogP contribution in [0, 0.1) is 5.82 Å². The lowest BCUT2D eigenvalue weighted by atomic mass is 10.1. The second kappa shape index (κ2) is 10.2. The Balaban J connectivity index is 1.46. The molecule has 0 saturated carbocycles. The molecule has 3 heterocycles.